The van der Waals surface area contributed by atoms with E-state index < -0.39 is 23.5 Å². The second-order valence-electron chi connectivity index (χ2n) is 6.86. The van der Waals surface area contributed by atoms with Crippen molar-refractivity contribution < 1.29 is 23.5 Å². The summed E-state index contributed by atoms with van der Waals surface area (Å²) in [7, 11) is 0. The number of amides is 3. The largest absolute Gasteiger partial charge is 0.484 e. The Labute approximate surface area is 183 Å². The van der Waals surface area contributed by atoms with Crippen molar-refractivity contribution in [2.24, 2.45) is 0 Å². The molecule has 0 bridgehead atoms. The molecule has 3 amide bonds. The highest BCUT2D eigenvalue weighted by atomic mass is 19.1. The first-order valence-corrected chi connectivity index (χ1v) is 9.71. The molecule has 8 heteroatoms. The zero-order valence-electron chi connectivity index (χ0n) is 16.7. The van der Waals surface area contributed by atoms with Gasteiger partial charge in [-0.3, -0.25) is 19.8 Å². The summed E-state index contributed by atoms with van der Waals surface area (Å²) >= 11 is 0. The van der Waals surface area contributed by atoms with Crippen molar-refractivity contribution in [3.8, 4) is 5.75 Å². The first-order valence-electron chi connectivity index (χ1n) is 9.71. The maximum absolute atomic E-state index is 13.6. The third-order valence-electron chi connectivity index (χ3n) is 4.61. The predicted octanol–water partition coefficient (Wildman–Crippen LogP) is 3.30. The Balaban J connectivity index is 1.38. The van der Waals surface area contributed by atoms with E-state index in [0.717, 1.165) is 0 Å². The molecule has 1 aliphatic rings. The number of hydrogen-bond acceptors (Lipinski definition) is 4. The van der Waals surface area contributed by atoms with E-state index in [1.54, 1.807) is 54.6 Å². The fraction of sp³-hybridized carbons (Fsp3) is 0.0417. The number of ether oxygens (including phenoxy) is 1. The molecule has 0 spiro atoms. The molecule has 1 fully saturated rings. The first kappa shape index (κ1) is 20.8. The summed E-state index contributed by atoms with van der Waals surface area (Å²) in [5.74, 6) is -1.58. The van der Waals surface area contributed by atoms with E-state index in [2.05, 4.69) is 10.7 Å². The monoisotopic (exact) mass is 431 g/mol. The number of carbonyl (C=O) groups excluding carboxylic acids is 3. The van der Waals surface area contributed by atoms with E-state index in [-0.39, 0.29) is 17.9 Å². The van der Waals surface area contributed by atoms with Crippen LogP contribution in [0.15, 0.2) is 84.4 Å². The van der Waals surface area contributed by atoms with Crippen LogP contribution in [0.3, 0.4) is 0 Å². The van der Waals surface area contributed by atoms with Crippen molar-refractivity contribution in [2.75, 3.05) is 16.9 Å². The van der Waals surface area contributed by atoms with Crippen molar-refractivity contribution in [2.45, 2.75) is 0 Å². The molecule has 1 heterocycles. The summed E-state index contributed by atoms with van der Waals surface area (Å²) in [6.45, 7) is -0.304. The predicted molar refractivity (Wildman–Crippen MR) is 117 cm³/mol. The molecular formula is C24H18FN3O4. The molecule has 3 aromatic carbocycles. The van der Waals surface area contributed by atoms with Gasteiger partial charge >= 0.3 is 0 Å². The Bertz CT molecular complexity index is 1190. The second kappa shape index (κ2) is 9.13. The Morgan fingerprint density at radius 2 is 1.66 bits per heavy atom. The van der Waals surface area contributed by atoms with Gasteiger partial charge < -0.3 is 10.1 Å². The van der Waals surface area contributed by atoms with Crippen LogP contribution in [0.5, 0.6) is 5.75 Å². The smallest absolute Gasteiger partial charge is 0.282 e. The van der Waals surface area contributed by atoms with Gasteiger partial charge in [-0.15, -0.1) is 0 Å². The summed E-state index contributed by atoms with van der Waals surface area (Å²) in [4.78, 5) is 36.8. The van der Waals surface area contributed by atoms with Gasteiger partial charge in [-0.2, -0.15) is 0 Å². The van der Waals surface area contributed by atoms with E-state index in [0.29, 0.717) is 17.0 Å². The molecule has 1 saturated heterocycles. The molecular weight excluding hydrogens is 413 g/mol. The molecule has 4 rings (SSSR count). The maximum Gasteiger partial charge on any atom is 0.282 e. The van der Waals surface area contributed by atoms with Gasteiger partial charge in [0.1, 0.15) is 17.1 Å². The minimum absolute atomic E-state index is 0.00628. The quantitative estimate of drug-likeness (QED) is 0.463. The number of hydrogen-bond donors (Lipinski definition) is 2. The van der Waals surface area contributed by atoms with Crippen LogP contribution >= 0.6 is 0 Å². The van der Waals surface area contributed by atoms with Gasteiger partial charge in [0, 0.05) is 0 Å². The molecule has 0 unspecified atom stereocenters. The fourth-order valence-corrected chi connectivity index (χ4v) is 3.04. The lowest BCUT2D eigenvalue weighted by Gasteiger charge is -2.13. The number of halogens is 1. The average Bonchev–Trinajstić information content (AvgIpc) is 3.09. The molecule has 3 aromatic rings. The molecule has 32 heavy (non-hydrogen) atoms. The molecule has 2 N–H and O–H groups in total. The highest BCUT2D eigenvalue weighted by Crippen LogP contribution is 2.22. The zero-order chi connectivity index (χ0) is 22.5. The Kier molecular flexibility index (Phi) is 5.94. The summed E-state index contributed by atoms with van der Waals surface area (Å²) in [5.41, 5.74) is 3.80. The van der Waals surface area contributed by atoms with Crippen LogP contribution in [0, 0.1) is 5.82 Å². The van der Waals surface area contributed by atoms with E-state index in [4.69, 9.17) is 4.74 Å². The minimum Gasteiger partial charge on any atom is -0.484 e. The van der Waals surface area contributed by atoms with Crippen molar-refractivity contribution in [3.05, 3.63) is 95.8 Å². The topological polar surface area (TPSA) is 87.7 Å². The number of nitrogens with zero attached hydrogens (tertiary/aromatic N) is 1. The van der Waals surface area contributed by atoms with Gasteiger partial charge in [-0.25, -0.2) is 9.40 Å². The van der Waals surface area contributed by atoms with Crippen molar-refractivity contribution in [3.63, 3.8) is 0 Å². The molecule has 160 valence electrons. The van der Waals surface area contributed by atoms with Gasteiger partial charge in [-0.05, 0) is 48.0 Å². The second-order valence-corrected chi connectivity index (χ2v) is 6.86. The van der Waals surface area contributed by atoms with Crippen LogP contribution in [0.1, 0.15) is 5.56 Å². The summed E-state index contributed by atoms with van der Waals surface area (Å²) in [5, 5.41) is 3.63. The molecule has 0 aliphatic carbocycles. The SMILES string of the molecule is O=C(COc1ccc(C=C2C(=O)NN(c3ccccc3)C2=O)cc1)Nc1ccccc1F. The minimum atomic E-state index is -0.533. The number of rotatable bonds is 6. The molecule has 0 atom stereocenters. The van der Waals surface area contributed by atoms with Gasteiger partial charge in [0.15, 0.2) is 6.61 Å². The lowest BCUT2D eigenvalue weighted by molar-refractivity contribution is -0.118. The van der Waals surface area contributed by atoms with Crippen LogP contribution in [-0.4, -0.2) is 24.3 Å². The fourth-order valence-electron chi connectivity index (χ4n) is 3.04. The van der Waals surface area contributed by atoms with Gasteiger partial charge in [0.25, 0.3) is 17.7 Å². The standard InChI is InChI=1S/C24H18FN3O4/c25-20-8-4-5-9-21(20)26-22(29)15-32-18-12-10-16(11-13-18)14-19-23(30)27-28(24(19)31)17-6-2-1-3-7-17/h1-14H,15H2,(H,26,29)(H,27,30). The number of para-hydroxylation sites is 2. The van der Waals surface area contributed by atoms with Crippen LogP contribution in [-0.2, 0) is 14.4 Å². The van der Waals surface area contributed by atoms with Gasteiger partial charge in [-0.1, -0.05) is 42.5 Å². The van der Waals surface area contributed by atoms with Crippen LogP contribution in [0.4, 0.5) is 15.8 Å². The van der Waals surface area contributed by atoms with Crippen LogP contribution < -0.4 is 20.5 Å². The third-order valence-corrected chi connectivity index (χ3v) is 4.61. The number of nitrogens with one attached hydrogen (secondary N) is 2. The maximum atomic E-state index is 13.6. The van der Waals surface area contributed by atoms with E-state index in [1.165, 1.54) is 29.3 Å². The van der Waals surface area contributed by atoms with Crippen molar-refractivity contribution in [1.29, 1.82) is 0 Å². The Morgan fingerprint density at radius 3 is 2.38 bits per heavy atom. The van der Waals surface area contributed by atoms with E-state index in [9.17, 15) is 18.8 Å². The molecule has 1 aliphatic heterocycles. The molecule has 0 saturated carbocycles. The Morgan fingerprint density at radius 1 is 0.969 bits per heavy atom. The number of carbonyl (C=O) groups is 3. The Hall–Kier alpha value is -4.46. The summed E-state index contributed by atoms with van der Waals surface area (Å²) in [6.07, 6.45) is 1.48. The lowest BCUT2D eigenvalue weighted by Crippen LogP contribution is -2.35. The van der Waals surface area contributed by atoms with Crippen LogP contribution in [0.25, 0.3) is 6.08 Å². The van der Waals surface area contributed by atoms with E-state index in [1.807, 2.05) is 6.07 Å². The molecule has 7 nitrogen and oxygen atoms in total. The first-order chi connectivity index (χ1) is 15.5. The van der Waals surface area contributed by atoms with E-state index >= 15 is 0 Å². The number of anilines is 2. The number of hydrazine groups is 1. The highest BCUT2D eigenvalue weighted by Gasteiger charge is 2.34. The highest BCUT2D eigenvalue weighted by molar-refractivity contribution is 6.31. The van der Waals surface area contributed by atoms with Gasteiger partial charge in [0.2, 0.25) is 0 Å². The zero-order valence-corrected chi connectivity index (χ0v) is 16.7. The number of benzene rings is 3. The normalized spacial score (nSPS) is 14.4. The van der Waals surface area contributed by atoms with Crippen molar-refractivity contribution >= 4 is 35.2 Å². The summed E-state index contributed by atoms with van der Waals surface area (Å²) in [6, 6.07) is 21.2. The van der Waals surface area contributed by atoms with Gasteiger partial charge in [0.05, 0.1) is 11.4 Å². The third kappa shape index (κ3) is 4.65. The lowest BCUT2D eigenvalue weighted by atomic mass is 10.1. The average molecular weight is 431 g/mol. The molecule has 0 radical (unpaired) electrons. The summed E-state index contributed by atoms with van der Waals surface area (Å²) < 4.78 is 19.0. The van der Waals surface area contributed by atoms with Crippen molar-refractivity contribution in [1.82, 2.24) is 5.43 Å². The molecule has 0 aromatic heterocycles. The van der Waals surface area contributed by atoms with Crippen LogP contribution in [0.2, 0.25) is 0 Å².